The standard InChI is InChI=1S/C13H20F3NO4/c1-2-8-5-9(10(6-8)12(19)20)11(18)17-3-4-21-7-13(14,15)16/h8-10H,2-7H2,1H3,(H,17,18)(H,19,20)/t8?,9-,10+/m0/s1. The van der Waals surface area contributed by atoms with Gasteiger partial charge in [-0.1, -0.05) is 13.3 Å². The number of hydrogen-bond donors (Lipinski definition) is 2. The number of ether oxygens (including phenoxy) is 1. The number of nitrogens with one attached hydrogen (secondary N) is 1. The summed E-state index contributed by atoms with van der Waals surface area (Å²) < 4.78 is 39.9. The first-order valence-corrected chi connectivity index (χ1v) is 6.89. The summed E-state index contributed by atoms with van der Waals surface area (Å²) in [5.74, 6) is -2.56. The highest BCUT2D eigenvalue weighted by molar-refractivity contribution is 5.85. The van der Waals surface area contributed by atoms with Crippen molar-refractivity contribution in [1.82, 2.24) is 5.32 Å². The predicted molar refractivity (Wildman–Crippen MR) is 67.5 cm³/mol. The van der Waals surface area contributed by atoms with Crippen LogP contribution in [0.15, 0.2) is 0 Å². The Hall–Kier alpha value is -1.31. The number of carboxylic acid groups (broad SMARTS) is 1. The topological polar surface area (TPSA) is 75.6 Å². The molecular weight excluding hydrogens is 291 g/mol. The molecule has 2 N–H and O–H groups in total. The van der Waals surface area contributed by atoms with Crippen molar-refractivity contribution in [3.8, 4) is 0 Å². The molecule has 0 heterocycles. The number of carbonyl (C=O) groups is 2. The van der Waals surface area contributed by atoms with E-state index in [1.807, 2.05) is 6.92 Å². The van der Waals surface area contributed by atoms with Crippen molar-refractivity contribution in [2.45, 2.75) is 32.4 Å². The molecule has 5 nitrogen and oxygen atoms in total. The Morgan fingerprint density at radius 3 is 2.43 bits per heavy atom. The lowest BCUT2D eigenvalue weighted by molar-refractivity contribution is -0.173. The van der Waals surface area contributed by atoms with Gasteiger partial charge in [0.15, 0.2) is 0 Å². The molecule has 1 aliphatic rings. The van der Waals surface area contributed by atoms with Crippen LogP contribution in [-0.4, -0.2) is 42.9 Å². The van der Waals surface area contributed by atoms with Crippen LogP contribution in [0.4, 0.5) is 13.2 Å². The third kappa shape index (κ3) is 5.91. The smallest absolute Gasteiger partial charge is 0.411 e. The fourth-order valence-corrected chi connectivity index (χ4v) is 2.60. The zero-order chi connectivity index (χ0) is 16.0. The molecule has 0 aromatic carbocycles. The zero-order valence-corrected chi connectivity index (χ0v) is 11.8. The summed E-state index contributed by atoms with van der Waals surface area (Å²) in [5, 5.41) is 11.6. The Morgan fingerprint density at radius 2 is 1.90 bits per heavy atom. The number of rotatable bonds is 7. The summed E-state index contributed by atoms with van der Waals surface area (Å²) in [6, 6.07) is 0. The number of amides is 1. The summed E-state index contributed by atoms with van der Waals surface area (Å²) >= 11 is 0. The monoisotopic (exact) mass is 311 g/mol. The quantitative estimate of drug-likeness (QED) is 0.703. The highest BCUT2D eigenvalue weighted by Gasteiger charge is 2.41. The molecule has 0 spiro atoms. The molecule has 0 aliphatic heterocycles. The van der Waals surface area contributed by atoms with E-state index in [1.165, 1.54) is 0 Å². The maximum atomic E-state index is 11.9. The van der Waals surface area contributed by atoms with Crippen molar-refractivity contribution in [3.63, 3.8) is 0 Å². The molecule has 1 unspecified atom stereocenters. The van der Waals surface area contributed by atoms with Crippen molar-refractivity contribution in [1.29, 1.82) is 0 Å². The molecule has 3 atom stereocenters. The molecule has 0 aromatic heterocycles. The molecule has 1 aliphatic carbocycles. The van der Waals surface area contributed by atoms with Crippen molar-refractivity contribution in [2.75, 3.05) is 19.8 Å². The second-order valence-electron chi connectivity index (χ2n) is 5.26. The minimum absolute atomic E-state index is 0.0610. The van der Waals surface area contributed by atoms with Gasteiger partial charge < -0.3 is 15.2 Å². The molecule has 0 aromatic rings. The Bertz CT molecular complexity index is 373. The van der Waals surface area contributed by atoms with Gasteiger partial charge in [0.05, 0.1) is 18.4 Å². The second-order valence-corrected chi connectivity index (χ2v) is 5.26. The van der Waals surface area contributed by atoms with E-state index in [9.17, 15) is 22.8 Å². The third-order valence-corrected chi connectivity index (χ3v) is 3.70. The highest BCUT2D eigenvalue weighted by atomic mass is 19.4. The fraction of sp³-hybridized carbons (Fsp3) is 0.846. The van der Waals surface area contributed by atoms with Crippen LogP contribution in [0.2, 0.25) is 0 Å². The summed E-state index contributed by atoms with van der Waals surface area (Å²) in [7, 11) is 0. The van der Waals surface area contributed by atoms with Crippen molar-refractivity contribution >= 4 is 11.9 Å². The van der Waals surface area contributed by atoms with Crippen LogP contribution in [0.25, 0.3) is 0 Å². The molecule has 21 heavy (non-hydrogen) atoms. The zero-order valence-electron chi connectivity index (χ0n) is 11.8. The second kappa shape index (κ2) is 7.63. The highest BCUT2D eigenvalue weighted by Crippen LogP contribution is 2.38. The lowest BCUT2D eigenvalue weighted by Crippen LogP contribution is -2.37. The Labute approximate surface area is 120 Å². The summed E-state index contributed by atoms with van der Waals surface area (Å²) in [6.45, 7) is 0.262. The van der Waals surface area contributed by atoms with E-state index in [1.54, 1.807) is 0 Å². The van der Waals surface area contributed by atoms with E-state index in [0.717, 1.165) is 6.42 Å². The van der Waals surface area contributed by atoms with Gasteiger partial charge in [-0.2, -0.15) is 13.2 Å². The SMILES string of the molecule is CCC1C[C@H](C(=O)NCCOCC(F)(F)F)[C@H](C(=O)O)C1. The molecule has 0 bridgehead atoms. The first-order chi connectivity index (χ1) is 9.74. The molecule has 1 rings (SSSR count). The minimum Gasteiger partial charge on any atom is -0.481 e. The number of hydrogen-bond acceptors (Lipinski definition) is 3. The van der Waals surface area contributed by atoms with Gasteiger partial charge in [0.2, 0.25) is 5.91 Å². The summed E-state index contributed by atoms with van der Waals surface area (Å²) in [4.78, 5) is 23.1. The van der Waals surface area contributed by atoms with Crippen LogP contribution >= 0.6 is 0 Å². The molecule has 8 heteroatoms. The Kier molecular flexibility index (Phi) is 6.44. The average Bonchev–Trinajstić information content (AvgIpc) is 2.81. The van der Waals surface area contributed by atoms with E-state index in [4.69, 9.17) is 5.11 Å². The number of carboxylic acids is 1. The Morgan fingerprint density at radius 1 is 1.29 bits per heavy atom. The van der Waals surface area contributed by atoms with Gasteiger partial charge in [-0.05, 0) is 18.8 Å². The van der Waals surface area contributed by atoms with Crippen molar-refractivity contribution in [3.05, 3.63) is 0 Å². The molecule has 0 saturated heterocycles. The van der Waals surface area contributed by atoms with Gasteiger partial charge in [0, 0.05) is 6.54 Å². The fourth-order valence-electron chi connectivity index (χ4n) is 2.60. The van der Waals surface area contributed by atoms with Gasteiger partial charge >= 0.3 is 12.1 Å². The maximum absolute atomic E-state index is 11.9. The third-order valence-electron chi connectivity index (χ3n) is 3.70. The number of carbonyl (C=O) groups excluding carboxylic acids is 1. The van der Waals surface area contributed by atoms with Crippen LogP contribution in [0, 0.1) is 17.8 Å². The summed E-state index contributed by atoms with van der Waals surface area (Å²) in [5.41, 5.74) is 0. The number of aliphatic carboxylic acids is 1. The molecule has 1 fully saturated rings. The van der Waals surface area contributed by atoms with Crippen LogP contribution in [0.3, 0.4) is 0 Å². The van der Waals surface area contributed by atoms with E-state index in [2.05, 4.69) is 10.1 Å². The molecule has 1 saturated carbocycles. The van der Waals surface area contributed by atoms with Gasteiger partial charge in [-0.3, -0.25) is 9.59 Å². The minimum atomic E-state index is -4.39. The predicted octanol–water partition coefficient (Wildman–Crippen LogP) is 1.82. The van der Waals surface area contributed by atoms with Crippen LogP contribution in [0.1, 0.15) is 26.2 Å². The molecule has 0 radical (unpaired) electrons. The van der Waals surface area contributed by atoms with Gasteiger partial charge in [-0.25, -0.2) is 0 Å². The van der Waals surface area contributed by atoms with E-state index in [-0.39, 0.29) is 19.1 Å². The average molecular weight is 311 g/mol. The lowest BCUT2D eigenvalue weighted by atomic mass is 9.95. The van der Waals surface area contributed by atoms with Gasteiger partial charge in [0.25, 0.3) is 0 Å². The summed E-state index contributed by atoms with van der Waals surface area (Å²) in [6.07, 6.45) is -2.61. The largest absolute Gasteiger partial charge is 0.481 e. The van der Waals surface area contributed by atoms with E-state index < -0.39 is 36.5 Å². The van der Waals surface area contributed by atoms with Crippen LogP contribution < -0.4 is 5.32 Å². The first kappa shape index (κ1) is 17.7. The first-order valence-electron chi connectivity index (χ1n) is 6.89. The number of halogens is 3. The van der Waals surface area contributed by atoms with Gasteiger partial charge in [0.1, 0.15) is 6.61 Å². The molecule has 1 amide bonds. The Balaban J connectivity index is 2.35. The van der Waals surface area contributed by atoms with Crippen LogP contribution in [0.5, 0.6) is 0 Å². The normalized spacial score (nSPS) is 25.8. The van der Waals surface area contributed by atoms with Crippen LogP contribution in [-0.2, 0) is 14.3 Å². The van der Waals surface area contributed by atoms with E-state index in [0.29, 0.717) is 12.8 Å². The molecule has 122 valence electrons. The maximum Gasteiger partial charge on any atom is 0.411 e. The number of alkyl halides is 3. The van der Waals surface area contributed by atoms with Crippen molar-refractivity contribution in [2.24, 2.45) is 17.8 Å². The molecular formula is C13H20F3NO4. The lowest BCUT2D eigenvalue weighted by Gasteiger charge is -2.15. The van der Waals surface area contributed by atoms with Crippen molar-refractivity contribution < 1.29 is 32.6 Å². The van der Waals surface area contributed by atoms with E-state index >= 15 is 0 Å². The van der Waals surface area contributed by atoms with Gasteiger partial charge in [-0.15, -0.1) is 0 Å².